The molecule has 0 spiro atoms. The highest BCUT2D eigenvalue weighted by atomic mass is 79.9. The summed E-state index contributed by atoms with van der Waals surface area (Å²) >= 11 is 4.48. The van der Waals surface area contributed by atoms with Crippen molar-refractivity contribution in [3.63, 3.8) is 0 Å². The summed E-state index contributed by atoms with van der Waals surface area (Å²) in [4.78, 5) is 12.0. The molecule has 0 aliphatic carbocycles. The highest BCUT2D eigenvalue weighted by molar-refractivity contribution is 9.10. The molecule has 2 aromatic carbocycles. The molecule has 3 rings (SSSR count). The Morgan fingerprint density at radius 2 is 2.05 bits per heavy atom. The van der Waals surface area contributed by atoms with Crippen molar-refractivity contribution in [1.82, 2.24) is 8.75 Å². The first-order valence-corrected chi connectivity index (χ1v) is 7.65. The van der Waals surface area contributed by atoms with Gasteiger partial charge in [0.2, 0.25) is 0 Å². The van der Waals surface area contributed by atoms with E-state index in [0.29, 0.717) is 17.0 Å². The van der Waals surface area contributed by atoms with Crippen LogP contribution in [0.5, 0.6) is 5.75 Å². The zero-order valence-electron chi connectivity index (χ0n) is 10.7. The van der Waals surface area contributed by atoms with Crippen molar-refractivity contribution in [3.8, 4) is 5.75 Å². The maximum absolute atomic E-state index is 12.0. The molecule has 0 radical (unpaired) electrons. The van der Waals surface area contributed by atoms with Crippen LogP contribution in [-0.2, 0) is 4.79 Å². The Morgan fingerprint density at radius 3 is 2.90 bits per heavy atom. The number of nitrogens with zero attached hydrogens (tertiary/aromatic N) is 2. The van der Waals surface area contributed by atoms with Crippen molar-refractivity contribution in [1.29, 1.82) is 0 Å². The molecule has 0 aliphatic heterocycles. The van der Waals surface area contributed by atoms with E-state index in [1.54, 1.807) is 12.1 Å². The van der Waals surface area contributed by atoms with Crippen LogP contribution in [0.2, 0.25) is 0 Å². The van der Waals surface area contributed by atoms with Crippen LogP contribution in [0, 0.1) is 0 Å². The van der Waals surface area contributed by atoms with Crippen molar-refractivity contribution >= 4 is 50.3 Å². The average Bonchev–Trinajstić information content (AvgIpc) is 2.96. The van der Waals surface area contributed by atoms with Gasteiger partial charge in [-0.2, -0.15) is 8.75 Å². The summed E-state index contributed by atoms with van der Waals surface area (Å²) in [5.74, 6) is 0.382. The van der Waals surface area contributed by atoms with E-state index in [1.807, 2.05) is 30.3 Å². The summed E-state index contributed by atoms with van der Waals surface area (Å²) in [6, 6.07) is 12.9. The Hall–Kier alpha value is -1.99. The molecule has 1 N–H and O–H groups in total. The third-order valence-electron chi connectivity index (χ3n) is 2.76. The van der Waals surface area contributed by atoms with Crippen LogP contribution in [0.15, 0.2) is 46.9 Å². The maximum Gasteiger partial charge on any atom is 0.262 e. The zero-order chi connectivity index (χ0) is 14.7. The predicted octanol–water partition coefficient (Wildman–Crippen LogP) is 3.47. The van der Waals surface area contributed by atoms with Gasteiger partial charge >= 0.3 is 0 Å². The second-order valence-corrected chi connectivity index (χ2v) is 5.59. The smallest absolute Gasteiger partial charge is 0.262 e. The molecule has 106 valence electrons. The molecular weight excluding hydrogens is 354 g/mol. The first-order chi connectivity index (χ1) is 10.2. The Morgan fingerprint density at radius 1 is 1.19 bits per heavy atom. The Kier molecular flexibility index (Phi) is 4.12. The molecule has 1 heterocycles. The molecule has 1 aromatic heterocycles. The van der Waals surface area contributed by atoms with Gasteiger partial charge in [0.05, 0.1) is 21.9 Å². The molecule has 0 saturated carbocycles. The Bertz CT molecular complexity index is 790. The van der Waals surface area contributed by atoms with Gasteiger partial charge in [-0.05, 0) is 40.2 Å². The second-order valence-electron chi connectivity index (χ2n) is 4.20. The number of aromatic nitrogens is 2. The molecule has 21 heavy (non-hydrogen) atoms. The van der Waals surface area contributed by atoms with E-state index in [1.165, 1.54) is 0 Å². The standard InChI is InChI=1S/C14H10BrN3O2S/c15-9-4-1-2-7-12(9)20-8-13(19)16-10-5-3-6-11-14(10)18-21-17-11/h1-7H,8H2,(H,16,19). The van der Waals surface area contributed by atoms with Gasteiger partial charge in [-0.3, -0.25) is 4.79 Å². The first-order valence-electron chi connectivity index (χ1n) is 6.12. The fraction of sp³-hybridized carbons (Fsp3) is 0.0714. The van der Waals surface area contributed by atoms with E-state index >= 15 is 0 Å². The lowest BCUT2D eigenvalue weighted by Gasteiger charge is -2.08. The number of hydrogen-bond acceptors (Lipinski definition) is 5. The normalized spacial score (nSPS) is 10.5. The minimum atomic E-state index is -0.244. The molecule has 1 amide bonds. The molecule has 0 saturated heterocycles. The summed E-state index contributed by atoms with van der Waals surface area (Å²) in [7, 11) is 0. The average molecular weight is 364 g/mol. The van der Waals surface area contributed by atoms with Gasteiger partial charge in [0.15, 0.2) is 6.61 Å². The van der Waals surface area contributed by atoms with Crippen molar-refractivity contribution in [2.45, 2.75) is 0 Å². The number of carbonyl (C=O) groups excluding carboxylic acids is 1. The number of anilines is 1. The number of hydrogen-bond donors (Lipinski definition) is 1. The van der Waals surface area contributed by atoms with E-state index in [2.05, 4.69) is 30.0 Å². The summed E-state index contributed by atoms with van der Waals surface area (Å²) < 4.78 is 14.6. The van der Waals surface area contributed by atoms with Crippen LogP contribution < -0.4 is 10.1 Å². The van der Waals surface area contributed by atoms with Crippen molar-refractivity contribution in [3.05, 3.63) is 46.9 Å². The van der Waals surface area contributed by atoms with E-state index < -0.39 is 0 Å². The van der Waals surface area contributed by atoms with E-state index in [4.69, 9.17) is 4.74 Å². The van der Waals surface area contributed by atoms with Gasteiger partial charge in [0.1, 0.15) is 16.8 Å². The maximum atomic E-state index is 12.0. The lowest BCUT2D eigenvalue weighted by Crippen LogP contribution is -2.20. The van der Waals surface area contributed by atoms with E-state index in [0.717, 1.165) is 21.7 Å². The fourth-order valence-electron chi connectivity index (χ4n) is 1.80. The van der Waals surface area contributed by atoms with E-state index in [9.17, 15) is 4.79 Å². The molecule has 3 aromatic rings. The van der Waals surface area contributed by atoms with Crippen LogP contribution in [0.4, 0.5) is 5.69 Å². The summed E-state index contributed by atoms with van der Waals surface area (Å²) in [6.45, 7) is -0.0729. The predicted molar refractivity (Wildman–Crippen MR) is 85.7 cm³/mol. The molecule has 0 bridgehead atoms. The summed E-state index contributed by atoms with van der Waals surface area (Å²) in [6.07, 6.45) is 0. The van der Waals surface area contributed by atoms with Crippen molar-refractivity contribution in [2.24, 2.45) is 0 Å². The quantitative estimate of drug-likeness (QED) is 0.770. The van der Waals surface area contributed by atoms with Crippen LogP contribution in [0.25, 0.3) is 11.0 Å². The molecule has 7 heteroatoms. The number of fused-ring (bicyclic) bond motifs is 1. The largest absolute Gasteiger partial charge is 0.483 e. The van der Waals surface area contributed by atoms with Crippen LogP contribution in [0.3, 0.4) is 0 Å². The third kappa shape index (κ3) is 3.20. The van der Waals surface area contributed by atoms with Gasteiger partial charge in [0.25, 0.3) is 5.91 Å². The third-order valence-corrected chi connectivity index (χ3v) is 3.95. The van der Waals surface area contributed by atoms with Gasteiger partial charge < -0.3 is 10.1 Å². The Balaban J connectivity index is 1.67. The van der Waals surface area contributed by atoms with E-state index in [-0.39, 0.29) is 12.5 Å². The molecule has 0 atom stereocenters. The number of benzene rings is 2. The van der Waals surface area contributed by atoms with Gasteiger partial charge in [-0.15, -0.1) is 0 Å². The number of rotatable bonds is 4. The van der Waals surface area contributed by atoms with Crippen molar-refractivity contribution in [2.75, 3.05) is 11.9 Å². The Labute approximate surface area is 133 Å². The van der Waals surface area contributed by atoms with Crippen LogP contribution in [-0.4, -0.2) is 21.3 Å². The number of para-hydroxylation sites is 1. The first kappa shape index (κ1) is 14.0. The lowest BCUT2D eigenvalue weighted by molar-refractivity contribution is -0.118. The van der Waals surface area contributed by atoms with Crippen molar-refractivity contribution < 1.29 is 9.53 Å². The monoisotopic (exact) mass is 363 g/mol. The molecule has 5 nitrogen and oxygen atoms in total. The van der Waals surface area contributed by atoms with Crippen LogP contribution in [0.1, 0.15) is 0 Å². The van der Waals surface area contributed by atoms with Gasteiger partial charge in [0, 0.05) is 0 Å². The number of halogens is 1. The fourth-order valence-corrected chi connectivity index (χ4v) is 2.75. The lowest BCUT2D eigenvalue weighted by atomic mass is 10.2. The van der Waals surface area contributed by atoms with Gasteiger partial charge in [-0.25, -0.2) is 0 Å². The SMILES string of the molecule is O=C(COc1ccccc1Br)Nc1cccc2nsnc12. The molecular formula is C14H10BrN3O2S. The van der Waals surface area contributed by atoms with Gasteiger partial charge in [-0.1, -0.05) is 18.2 Å². The van der Waals surface area contributed by atoms with Crippen LogP contribution >= 0.6 is 27.7 Å². The highest BCUT2D eigenvalue weighted by Gasteiger charge is 2.09. The number of amides is 1. The second kappa shape index (κ2) is 6.19. The highest BCUT2D eigenvalue weighted by Crippen LogP contribution is 2.24. The minimum Gasteiger partial charge on any atom is -0.483 e. The zero-order valence-corrected chi connectivity index (χ0v) is 13.1. The molecule has 0 aliphatic rings. The minimum absolute atomic E-state index is 0.0729. The summed E-state index contributed by atoms with van der Waals surface area (Å²) in [5, 5.41) is 2.79. The topological polar surface area (TPSA) is 64.1 Å². The number of nitrogens with one attached hydrogen (secondary N) is 1. The molecule has 0 fully saturated rings. The number of carbonyl (C=O) groups is 1. The number of ether oxygens (including phenoxy) is 1. The molecule has 0 unspecified atom stereocenters. The summed E-state index contributed by atoms with van der Waals surface area (Å²) in [5.41, 5.74) is 2.10.